The van der Waals surface area contributed by atoms with Crippen LogP contribution in [0.2, 0.25) is 5.02 Å². The average molecular weight is 575 g/mol. The Morgan fingerprint density at radius 3 is 2.40 bits per heavy atom. The first-order valence-corrected chi connectivity index (χ1v) is 14.2. The summed E-state index contributed by atoms with van der Waals surface area (Å²) in [6.07, 6.45) is 1.91. The summed E-state index contributed by atoms with van der Waals surface area (Å²) in [5, 5.41) is 0.677. The van der Waals surface area contributed by atoms with Gasteiger partial charge in [0.15, 0.2) is 4.80 Å². The second-order valence-corrected chi connectivity index (χ2v) is 11.4. The summed E-state index contributed by atoms with van der Waals surface area (Å²) in [5.41, 5.74) is 6.54. The van der Waals surface area contributed by atoms with Gasteiger partial charge < -0.3 is 14.2 Å². The molecule has 40 heavy (non-hydrogen) atoms. The van der Waals surface area contributed by atoms with Crippen LogP contribution in [0, 0.1) is 13.8 Å². The van der Waals surface area contributed by atoms with Gasteiger partial charge in [-0.15, -0.1) is 0 Å². The van der Waals surface area contributed by atoms with E-state index >= 15 is 0 Å². The van der Waals surface area contributed by atoms with Crippen molar-refractivity contribution in [2.45, 2.75) is 33.7 Å². The minimum absolute atomic E-state index is 0.198. The van der Waals surface area contributed by atoms with E-state index in [2.05, 4.69) is 10.6 Å². The summed E-state index contributed by atoms with van der Waals surface area (Å²) in [7, 11) is 3.94. The Kier molecular flexibility index (Phi) is 7.57. The Labute approximate surface area is 241 Å². The van der Waals surface area contributed by atoms with Gasteiger partial charge in [0.05, 0.1) is 28.5 Å². The molecule has 1 aliphatic heterocycles. The number of carbonyl (C=O) groups is 1. The number of carbonyl (C=O) groups excluding carboxylic acids is 1. The minimum atomic E-state index is -0.643. The number of fused-ring (bicyclic) bond motifs is 1. The number of aryl methyl sites for hydroxylation is 1. The van der Waals surface area contributed by atoms with Crippen LogP contribution >= 0.6 is 22.9 Å². The second kappa shape index (κ2) is 10.9. The van der Waals surface area contributed by atoms with Gasteiger partial charge >= 0.3 is 5.97 Å². The quantitative estimate of drug-likeness (QED) is 0.306. The molecule has 0 amide bonds. The van der Waals surface area contributed by atoms with Gasteiger partial charge in [-0.05, 0) is 87.4 Å². The molecule has 0 radical (unpaired) electrons. The van der Waals surface area contributed by atoms with Crippen molar-refractivity contribution >= 4 is 40.7 Å². The van der Waals surface area contributed by atoms with Gasteiger partial charge in [-0.1, -0.05) is 35.1 Å². The Balaban J connectivity index is 1.67. The van der Waals surface area contributed by atoms with Crippen molar-refractivity contribution in [3.05, 3.63) is 113 Å². The number of hydrogen-bond acceptors (Lipinski definition) is 6. The molecule has 2 aromatic carbocycles. The van der Waals surface area contributed by atoms with Crippen LogP contribution in [0.5, 0.6) is 0 Å². The number of aromatic nitrogens is 2. The SMILES string of the molecule is CCOC(=O)C1=C(C)N=c2s/c(=C\c3cc(C)n(-c4ccc(Cl)cc4)c3C)c(=O)n2C1c1ccc(N(C)C)cc1. The van der Waals surface area contributed by atoms with Gasteiger partial charge in [0.1, 0.15) is 0 Å². The molecule has 206 valence electrons. The molecule has 1 aliphatic rings. The van der Waals surface area contributed by atoms with Gasteiger partial charge in [-0.3, -0.25) is 9.36 Å². The van der Waals surface area contributed by atoms with Crippen LogP contribution in [-0.2, 0) is 9.53 Å². The van der Waals surface area contributed by atoms with E-state index < -0.39 is 12.0 Å². The maximum absolute atomic E-state index is 14.0. The molecular formula is C31H31ClN4O3S. The zero-order chi connectivity index (χ0) is 28.7. The number of rotatable bonds is 6. The molecule has 0 spiro atoms. The maximum Gasteiger partial charge on any atom is 0.338 e. The molecule has 2 aromatic heterocycles. The number of hydrogen-bond donors (Lipinski definition) is 0. The van der Waals surface area contributed by atoms with Gasteiger partial charge in [0.2, 0.25) is 0 Å². The van der Waals surface area contributed by atoms with Crippen LogP contribution in [0.25, 0.3) is 11.8 Å². The van der Waals surface area contributed by atoms with Crippen LogP contribution in [0.15, 0.2) is 75.7 Å². The van der Waals surface area contributed by atoms with Crippen molar-refractivity contribution in [3.63, 3.8) is 0 Å². The van der Waals surface area contributed by atoms with Gasteiger partial charge in [0, 0.05) is 41.9 Å². The Bertz CT molecular complexity index is 1810. The van der Waals surface area contributed by atoms with E-state index in [9.17, 15) is 9.59 Å². The van der Waals surface area contributed by atoms with Crippen LogP contribution in [0.3, 0.4) is 0 Å². The summed E-state index contributed by atoms with van der Waals surface area (Å²) >= 11 is 7.42. The largest absolute Gasteiger partial charge is 0.463 e. The predicted molar refractivity (Wildman–Crippen MR) is 161 cm³/mol. The third-order valence-electron chi connectivity index (χ3n) is 7.08. The third kappa shape index (κ3) is 4.93. The molecule has 0 bridgehead atoms. The molecule has 0 saturated carbocycles. The monoisotopic (exact) mass is 574 g/mol. The lowest BCUT2D eigenvalue weighted by Gasteiger charge is -2.25. The molecule has 9 heteroatoms. The molecule has 0 aliphatic carbocycles. The number of anilines is 1. The van der Waals surface area contributed by atoms with Gasteiger partial charge in [0.25, 0.3) is 5.56 Å². The Morgan fingerprint density at radius 2 is 1.77 bits per heavy atom. The fraction of sp³-hybridized carbons (Fsp3) is 0.258. The maximum atomic E-state index is 14.0. The van der Waals surface area contributed by atoms with E-state index in [1.54, 1.807) is 18.4 Å². The number of nitrogens with zero attached hydrogens (tertiary/aromatic N) is 4. The number of allylic oxidation sites excluding steroid dienone is 1. The summed E-state index contributed by atoms with van der Waals surface area (Å²) in [4.78, 5) is 34.4. The van der Waals surface area contributed by atoms with E-state index in [-0.39, 0.29) is 12.2 Å². The zero-order valence-corrected chi connectivity index (χ0v) is 24.9. The molecule has 7 nitrogen and oxygen atoms in total. The van der Waals surface area contributed by atoms with E-state index in [4.69, 9.17) is 21.3 Å². The molecule has 0 saturated heterocycles. The lowest BCUT2D eigenvalue weighted by Crippen LogP contribution is -2.40. The standard InChI is InChI=1S/C31H31ClN4O3S/c1-7-39-30(38)27-19(3)33-31-36(28(27)21-8-12-24(13-9-21)34(5)6)29(37)26(40-31)17-22-16-18(2)35(20(22)4)25-14-10-23(32)11-15-25/h8-17,28H,7H2,1-6H3/b26-17-. The molecule has 1 atom stereocenters. The molecule has 4 aromatic rings. The van der Waals surface area contributed by atoms with E-state index in [0.29, 0.717) is 25.6 Å². The van der Waals surface area contributed by atoms with Crippen molar-refractivity contribution in [1.29, 1.82) is 0 Å². The number of benzene rings is 2. The normalized spacial score (nSPS) is 15.2. The highest BCUT2D eigenvalue weighted by atomic mass is 35.5. The minimum Gasteiger partial charge on any atom is -0.463 e. The highest BCUT2D eigenvalue weighted by Gasteiger charge is 2.33. The molecule has 0 fully saturated rings. The van der Waals surface area contributed by atoms with Crippen molar-refractivity contribution in [3.8, 4) is 5.69 Å². The van der Waals surface area contributed by atoms with E-state index in [0.717, 1.165) is 33.9 Å². The highest BCUT2D eigenvalue weighted by molar-refractivity contribution is 7.07. The average Bonchev–Trinajstić information content (AvgIpc) is 3.38. The number of ether oxygens (including phenoxy) is 1. The first kappa shape index (κ1) is 27.7. The fourth-order valence-electron chi connectivity index (χ4n) is 5.12. The zero-order valence-electron chi connectivity index (χ0n) is 23.4. The van der Waals surface area contributed by atoms with Gasteiger partial charge in [-0.25, -0.2) is 9.79 Å². The molecule has 3 heterocycles. The van der Waals surface area contributed by atoms with Crippen LogP contribution in [-0.4, -0.2) is 35.8 Å². The molecule has 1 unspecified atom stereocenters. The van der Waals surface area contributed by atoms with Crippen molar-refractivity contribution in [2.75, 3.05) is 25.6 Å². The summed E-state index contributed by atoms with van der Waals surface area (Å²) in [5.74, 6) is -0.466. The summed E-state index contributed by atoms with van der Waals surface area (Å²) < 4.78 is 9.71. The second-order valence-electron chi connectivity index (χ2n) is 9.93. The first-order valence-electron chi connectivity index (χ1n) is 13.0. The fourth-order valence-corrected chi connectivity index (χ4v) is 6.29. The third-order valence-corrected chi connectivity index (χ3v) is 8.32. The number of esters is 1. The Morgan fingerprint density at radius 1 is 1.10 bits per heavy atom. The van der Waals surface area contributed by atoms with Crippen molar-refractivity contribution in [1.82, 2.24) is 9.13 Å². The molecule has 0 N–H and O–H groups in total. The molecule has 5 rings (SSSR count). The van der Waals surface area contributed by atoms with Crippen LogP contribution < -0.4 is 19.8 Å². The lowest BCUT2D eigenvalue weighted by atomic mass is 9.95. The number of thiazole rings is 1. The lowest BCUT2D eigenvalue weighted by molar-refractivity contribution is -0.139. The predicted octanol–water partition coefficient (Wildman–Crippen LogP) is 4.93. The number of halogens is 1. The molecular weight excluding hydrogens is 544 g/mol. The smallest absolute Gasteiger partial charge is 0.338 e. The first-order chi connectivity index (χ1) is 19.1. The van der Waals surface area contributed by atoms with Gasteiger partial charge in [-0.2, -0.15) is 0 Å². The van der Waals surface area contributed by atoms with Crippen LogP contribution in [0.4, 0.5) is 5.69 Å². The topological polar surface area (TPSA) is 68.8 Å². The van der Waals surface area contributed by atoms with E-state index in [1.165, 1.54) is 11.3 Å². The van der Waals surface area contributed by atoms with Crippen molar-refractivity contribution in [2.24, 2.45) is 4.99 Å². The summed E-state index contributed by atoms with van der Waals surface area (Å²) in [6.45, 7) is 7.86. The van der Waals surface area contributed by atoms with E-state index in [1.807, 2.05) is 87.4 Å². The van der Waals surface area contributed by atoms with Crippen LogP contribution in [0.1, 0.15) is 42.4 Å². The summed E-state index contributed by atoms with van der Waals surface area (Å²) in [6, 6.07) is 17.0. The van der Waals surface area contributed by atoms with Crippen molar-refractivity contribution < 1.29 is 9.53 Å². The highest BCUT2D eigenvalue weighted by Crippen LogP contribution is 2.31. The Hall–Kier alpha value is -3.88.